The molecule has 2 rings (SSSR count). The summed E-state index contributed by atoms with van der Waals surface area (Å²) >= 11 is 1.27. The number of carbonyl (C=O) groups is 3. The number of benzene rings is 1. The van der Waals surface area contributed by atoms with Gasteiger partial charge in [0.25, 0.3) is 5.91 Å². The molecule has 1 fully saturated rings. The predicted octanol–water partition coefficient (Wildman–Crippen LogP) is 1.55. The molecule has 1 aliphatic heterocycles. The second-order valence-corrected chi connectivity index (χ2v) is 10.3. The van der Waals surface area contributed by atoms with Gasteiger partial charge >= 0.3 is 0 Å². The van der Waals surface area contributed by atoms with E-state index in [1.165, 1.54) is 18.7 Å². The minimum atomic E-state index is -1.05. The van der Waals surface area contributed by atoms with Gasteiger partial charge < -0.3 is 26.0 Å². The lowest BCUT2D eigenvalue weighted by Crippen LogP contribution is -2.45. The van der Waals surface area contributed by atoms with Gasteiger partial charge in [-0.05, 0) is 52.8 Å². The fourth-order valence-electron chi connectivity index (χ4n) is 3.34. The van der Waals surface area contributed by atoms with Crippen molar-refractivity contribution in [1.29, 1.82) is 5.26 Å². The van der Waals surface area contributed by atoms with E-state index in [4.69, 9.17) is 0 Å². The summed E-state index contributed by atoms with van der Waals surface area (Å²) in [5.41, 5.74) is 0.848. The average molecular weight is 476 g/mol. The van der Waals surface area contributed by atoms with Crippen molar-refractivity contribution in [3.8, 4) is 6.07 Å². The summed E-state index contributed by atoms with van der Waals surface area (Å²) in [5.74, 6) is -1.89. The molecule has 0 spiro atoms. The molecule has 3 amide bonds. The lowest BCUT2D eigenvalue weighted by molar-refractivity contribution is -0.131. The highest BCUT2D eigenvalue weighted by Gasteiger charge is 2.45. The third kappa shape index (κ3) is 7.37. The van der Waals surface area contributed by atoms with Crippen molar-refractivity contribution < 1.29 is 19.5 Å². The van der Waals surface area contributed by atoms with Crippen LogP contribution in [0, 0.1) is 17.2 Å². The molecule has 0 bridgehead atoms. The Morgan fingerprint density at radius 3 is 2.61 bits per heavy atom. The SMILES string of the molecule is CCN1C(=O)C(CNc2cccc(C(=O)NC(C)(C)C)c2)SC1C(C#N)C(=O)NCC(C)O. The number of aliphatic hydroxyl groups excluding tert-OH is 1. The monoisotopic (exact) mass is 475 g/mol. The fourth-order valence-corrected chi connectivity index (χ4v) is 4.85. The maximum Gasteiger partial charge on any atom is 0.251 e. The summed E-state index contributed by atoms with van der Waals surface area (Å²) in [6, 6.07) is 9.04. The summed E-state index contributed by atoms with van der Waals surface area (Å²) in [4.78, 5) is 39.4. The Labute approximate surface area is 199 Å². The number of hydrogen-bond acceptors (Lipinski definition) is 7. The van der Waals surface area contributed by atoms with Gasteiger partial charge in [0, 0.05) is 36.4 Å². The second kappa shape index (κ2) is 11.4. The van der Waals surface area contributed by atoms with Crippen LogP contribution in [0.3, 0.4) is 0 Å². The summed E-state index contributed by atoms with van der Waals surface area (Å²) in [6.07, 6.45) is -0.730. The maximum absolute atomic E-state index is 12.9. The molecule has 4 unspecified atom stereocenters. The van der Waals surface area contributed by atoms with E-state index in [0.717, 1.165) is 0 Å². The normalized spacial score (nSPS) is 20.0. The first kappa shape index (κ1) is 26.5. The first-order valence-electron chi connectivity index (χ1n) is 10.9. The van der Waals surface area contributed by atoms with Crippen LogP contribution in [0.5, 0.6) is 0 Å². The first-order valence-corrected chi connectivity index (χ1v) is 11.9. The zero-order chi connectivity index (χ0) is 24.8. The number of hydrogen-bond donors (Lipinski definition) is 4. The minimum Gasteiger partial charge on any atom is -0.392 e. The van der Waals surface area contributed by atoms with Crippen LogP contribution in [-0.2, 0) is 9.59 Å². The van der Waals surface area contributed by atoms with Gasteiger partial charge in [-0.25, -0.2) is 0 Å². The maximum atomic E-state index is 12.9. The Kier molecular flexibility index (Phi) is 9.14. The third-order valence-corrected chi connectivity index (χ3v) is 6.40. The molecule has 33 heavy (non-hydrogen) atoms. The number of nitriles is 1. The van der Waals surface area contributed by atoms with E-state index in [9.17, 15) is 24.8 Å². The number of carbonyl (C=O) groups excluding carboxylic acids is 3. The van der Waals surface area contributed by atoms with Crippen LogP contribution in [0.15, 0.2) is 24.3 Å². The van der Waals surface area contributed by atoms with Gasteiger partial charge in [0.2, 0.25) is 11.8 Å². The Morgan fingerprint density at radius 2 is 2.03 bits per heavy atom. The van der Waals surface area contributed by atoms with Gasteiger partial charge in [-0.1, -0.05) is 6.07 Å². The largest absolute Gasteiger partial charge is 0.392 e. The molecular formula is C23H33N5O4S. The topological polar surface area (TPSA) is 135 Å². The van der Waals surface area contributed by atoms with Gasteiger partial charge in [-0.2, -0.15) is 5.26 Å². The number of aliphatic hydroxyl groups is 1. The fraction of sp³-hybridized carbons (Fsp3) is 0.565. The van der Waals surface area contributed by atoms with Gasteiger partial charge in [-0.15, -0.1) is 11.8 Å². The number of nitrogens with one attached hydrogen (secondary N) is 3. The molecule has 1 aromatic carbocycles. The zero-order valence-corrected chi connectivity index (χ0v) is 20.5. The van der Waals surface area contributed by atoms with E-state index in [1.807, 2.05) is 32.9 Å². The van der Waals surface area contributed by atoms with Crippen LogP contribution in [0.25, 0.3) is 0 Å². The molecule has 4 N–H and O–H groups in total. The Hall–Kier alpha value is -2.77. The summed E-state index contributed by atoms with van der Waals surface area (Å²) in [6.45, 7) is 9.77. The molecule has 180 valence electrons. The molecule has 9 nitrogen and oxygen atoms in total. The van der Waals surface area contributed by atoms with Gasteiger partial charge in [-0.3, -0.25) is 14.4 Å². The van der Waals surface area contributed by atoms with Crippen molar-refractivity contribution in [2.24, 2.45) is 5.92 Å². The number of amides is 3. The van der Waals surface area contributed by atoms with Crippen LogP contribution in [-0.4, -0.2) is 69.6 Å². The summed E-state index contributed by atoms with van der Waals surface area (Å²) < 4.78 is 0. The molecule has 0 aromatic heterocycles. The smallest absolute Gasteiger partial charge is 0.251 e. The van der Waals surface area contributed by atoms with Crippen LogP contribution >= 0.6 is 11.8 Å². The highest BCUT2D eigenvalue weighted by molar-refractivity contribution is 8.01. The standard InChI is InChI=1S/C23H33N5O4S/c1-6-28-21(32)18(33-22(28)17(11-24)20(31)26-12-14(2)29)13-25-16-9-7-8-15(10-16)19(30)27-23(3,4)5/h7-10,14,17-18,22,25,29H,6,12-13H2,1-5H3,(H,26,31)(H,27,30). The van der Waals surface area contributed by atoms with E-state index in [2.05, 4.69) is 16.0 Å². The van der Waals surface area contributed by atoms with Gasteiger partial charge in [0.1, 0.15) is 10.6 Å². The van der Waals surface area contributed by atoms with Gasteiger partial charge in [0.05, 0.1) is 12.2 Å². The quantitative estimate of drug-likeness (QED) is 0.426. The van der Waals surface area contributed by atoms with Crippen LogP contribution in [0.1, 0.15) is 45.0 Å². The van der Waals surface area contributed by atoms with Crippen LogP contribution in [0.2, 0.25) is 0 Å². The molecular weight excluding hydrogens is 442 g/mol. The minimum absolute atomic E-state index is 0.0403. The average Bonchev–Trinajstić information content (AvgIpc) is 3.05. The molecule has 1 aliphatic rings. The van der Waals surface area contributed by atoms with Crippen molar-refractivity contribution in [3.63, 3.8) is 0 Å². The van der Waals surface area contributed by atoms with Crippen molar-refractivity contribution in [2.45, 2.75) is 56.9 Å². The summed E-state index contributed by atoms with van der Waals surface area (Å²) in [5, 5.41) is 26.6. The molecule has 0 aliphatic carbocycles. The zero-order valence-electron chi connectivity index (χ0n) is 19.7. The number of thioether (sulfide) groups is 1. The van der Waals surface area contributed by atoms with E-state index in [-0.39, 0.29) is 30.4 Å². The van der Waals surface area contributed by atoms with E-state index < -0.39 is 28.6 Å². The molecule has 4 atom stereocenters. The summed E-state index contributed by atoms with van der Waals surface area (Å²) in [7, 11) is 0. The molecule has 1 saturated heterocycles. The van der Waals surface area contributed by atoms with Crippen LogP contribution in [0.4, 0.5) is 5.69 Å². The molecule has 10 heteroatoms. The molecule has 0 saturated carbocycles. The molecule has 0 radical (unpaired) electrons. The third-order valence-electron chi connectivity index (χ3n) is 4.89. The van der Waals surface area contributed by atoms with E-state index >= 15 is 0 Å². The highest BCUT2D eigenvalue weighted by Crippen LogP contribution is 2.36. The van der Waals surface area contributed by atoms with Crippen LogP contribution < -0.4 is 16.0 Å². The lowest BCUT2D eigenvalue weighted by Gasteiger charge is -2.25. The number of rotatable bonds is 9. The second-order valence-electron chi connectivity index (χ2n) is 9.01. The molecule has 1 aromatic rings. The van der Waals surface area contributed by atoms with E-state index in [1.54, 1.807) is 30.0 Å². The van der Waals surface area contributed by atoms with Crippen molar-refractivity contribution >= 4 is 35.2 Å². The highest BCUT2D eigenvalue weighted by atomic mass is 32.2. The number of nitrogens with zero attached hydrogens (tertiary/aromatic N) is 2. The van der Waals surface area contributed by atoms with Crippen molar-refractivity contribution in [1.82, 2.24) is 15.5 Å². The number of anilines is 1. The van der Waals surface area contributed by atoms with E-state index in [0.29, 0.717) is 17.8 Å². The van der Waals surface area contributed by atoms with Crippen molar-refractivity contribution in [3.05, 3.63) is 29.8 Å². The van der Waals surface area contributed by atoms with Gasteiger partial charge in [0.15, 0.2) is 5.92 Å². The predicted molar refractivity (Wildman–Crippen MR) is 128 cm³/mol. The first-order chi connectivity index (χ1) is 15.5. The van der Waals surface area contributed by atoms with Crippen molar-refractivity contribution in [2.75, 3.05) is 25.0 Å². The lowest BCUT2D eigenvalue weighted by atomic mass is 10.1. The Bertz CT molecular complexity index is 909. The molecule has 1 heterocycles. The Morgan fingerprint density at radius 1 is 1.33 bits per heavy atom. The Balaban J connectivity index is 2.07.